The number of hydrogen-bond donors (Lipinski definition) is 2. The van der Waals surface area contributed by atoms with Gasteiger partial charge in [0, 0.05) is 24.0 Å². The second kappa shape index (κ2) is 7.43. The molecule has 3 N–H and O–H groups in total. The van der Waals surface area contributed by atoms with E-state index in [0.717, 1.165) is 24.2 Å². The van der Waals surface area contributed by atoms with Crippen LogP contribution in [0.5, 0.6) is 0 Å². The predicted molar refractivity (Wildman–Crippen MR) is 95.4 cm³/mol. The van der Waals surface area contributed by atoms with Gasteiger partial charge in [-0.3, -0.25) is 14.4 Å². The van der Waals surface area contributed by atoms with Crippen LogP contribution in [0, 0.1) is 0 Å². The van der Waals surface area contributed by atoms with Crippen molar-refractivity contribution in [3.63, 3.8) is 0 Å². The van der Waals surface area contributed by atoms with Crippen molar-refractivity contribution < 1.29 is 14.4 Å². The highest BCUT2D eigenvalue weighted by molar-refractivity contribution is 7.13. The van der Waals surface area contributed by atoms with Crippen LogP contribution in [0.1, 0.15) is 24.1 Å². The number of nitrogens with zero attached hydrogens (tertiary/aromatic N) is 2. The van der Waals surface area contributed by atoms with Gasteiger partial charge in [0.1, 0.15) is 0 Å². The first-order valence-corrected chi connectivity index (χ1v) is 8.81. The number of anilines is 2. The second-order valence-corrected chi connectivity index (χ2v) is 6.69. The number of thiazole rings is 1. The molecule has 1 saturated heterocycles. The summed E-state index contributed by atoms with van der Waals surface area (Å²) >= 11 is 1.25. The van der Waals surface area contributed by atoms with E-state index >= 15 is 0 Å². The highest BCUT2D eigenvalue weighted by atomic mass is 32.1. The Hall–Kier alpha value is -2.74. The lowest BCUT2D eigenvalue weighted by molar-refractivity contribution is -0.118. The minimum Gasteiger partial charge on any atom is -0.369 e. The van der Waals surface area contributed by atoms with E-state index in [4.69, 9.17) is 5.73 Å². The van der Waals surface area contributed by atoms with E-state index in [9.17, 15) is 14.4 Å². The Morgan fingerprint density at radius 2 is 2.00 bits per heavy atom. The molecule has 1 aromatic heterocycles. The zero-order valence-electron chi connectivity index (χ0n) is 13.5. The largest absolute Gasteiger partial charge is 0.369 e. The maximum Gasteiger partial charge on any atom is 0.230 e. The van der Waals surface area contributed by atoms with Gasteiger partial charge in [0.25, 0.3) is 0 Å². The van der Waals surface area contributed by atoms with Crippen LogP contribution in [0.3, 0.4) is 0 Å². The Balaban J connectivity index is 1.56. The Labute approximate surface area is 148 Å². The monoisotopic (exact) mass is 358 g/mol. The average molecular weight is 358 g/mol. The van der Waals surface area contributed by atoms with Crippen molar-refractivity contribution >= 4 is 39.9 Å². The van der Waals surface area contributed by atoms with Crippen molar-refractivity contribution in [3.05, 3.63) is 40.9 Å². The van der Waals surface area contributed by atoms with E-state index in [-0.39, 0.29) is 24.7 Å². The first kappa shape index (κ1) is 17.1. The van der Waals surface area contributed by atoms with Gasteiger partial charge >= 0.3 is 0 Å². The molecule has 3 rings (SSSR count). The first-order chi connectivity index (χ1) is 12.0. The van der Waals surface area contributed by atoms with Gasteiger partial charge in [-0.25, -0.2) is 4.98 Å². The molecule has 0 aliphatic carbocycles. The highest BCUT2D eigenvalue weighted by Crippen LogP contribution is 2.22. The third-order valence-corrected chi connectivity index (χ3v) is 4.65. The van der Waals surface area contributed by atoms with Gasteiger partial charge in [0.2, 0.25) is 17.7 Å². The molecule has 0 saturated carbocycles. The lowest BCUT2D eigenvalue weighted by Gasteiger charge is -2.15. The summed E-state index contributed by atoms with van der Waals surface area (Å²) in [7, 11) is 0. The van der Waals surface area contributed by atoms with Crippen LogP contribution in [-0.2, 0) is 27.2 Å². The van der Waals surface area contributed by atoms with Crippen LogP contribution in [0.15, 0.2) is 29.6 Å². The maximum atomic E-state index is 12.1. The molecule has 0 atom stereocenters. The lowest BCUT2D eigenvalue weighted by Crippen LogP contribution is -2.23. The van der Waals surface area contributed by atoms with Gasteiger partial charge in [-0.15, -0.1) is 11.3 Å². The number of nitrogens with two attached hydrogens (primary N) is 1. The van der Waals surface area contributed by atoms with E-state index in [1.165, 1.54) is 11.3 Å². The molecule has 3 amide bonds. The average Bonchev–Trinajstić information content (AvgIpc) is 3.16. The zero-order valence-corrected chi connectivity index (χ0v) is 14.3. The Morgan fingerprint density at radius 3 is 2.64 bits per heavy atom. The molecule has 7 nitrogen and oxygen atoms in total. The van der Waals surface area contributed by atoms with E-state index in [1.807, 2.05) is 24.3 Å². The number of primary amides is 1. The van der Waals surface area contributed by atoms with E-state index in [2.05, 4.69) is 10.3 Å². The topological polar surface area (TPSA) is 105 Å². The van der Waals surface area contributed by atoms with Crippen molar-refractivity contribution in [1.82, 2.24) is 4.98 Å². The van der Waals surface area contributed by atoms with Crippen molar-refractivity contribution in [3.8, 4) is 0 Å². The van der Waals surface area contributed by atoms with Gasteiger partial charge < -0.3 is 16.0 Å². The van der Waals surface area contributed by atoms with Gasteiger partial charge in [-0.1, -0.05) is 12.1 Å². The molecular weight excluding hydrogens is 340 g/mol. The van der Waals surface area contributed by atoms with Crippen LogP contribution in [0.4, 0.5) is 10.8 Å². The van der Waals surface area contributed by atoms with Crippen molar-refractivity contribution in [2.45, 2.75) is 25.7 Å². The molecule has 0 radical (unpaired) electrons. The molecule has 130 valence electrons. The predicted octanol–water partition coefficient (Wildman–Crippen LogP) is 1.48. The van der Waals surface area contributed by atoms with Gasteiger partial charge in [-0.05, 0) is 24.1 Å². The van der Waals surface area contributed by atoms with Gasteiger partial charge in [0.15, 0.2) is 5.13 Å². The number of benzene rings is 1. The summed E-state index contributed by atoms with van der Waals surface area (Å²) in [5.41, 5.74) is 7.38. The zero-order chi connectivity index (χ0) is 17.8. The number of nitrogens with one attached hydrogen (secondary N) is 1. The standard InChI is InChI=1S/C17H18N4O3S/c18-14(22)9-12-10-25-17(19-12)20-15(23)8-11-3-5-13(6-4-11)21-7-1-2-16(21)24/h3-6,10H,1-2,7-9H2,(H2,18,22)(H,19,20,23). The van der Waals surface area contributed by atoms with Crippen LogP contribution in [0.25, 0.3) is 0 Å². The molecule has 1 aliphatic rings. The molecule has 1 aliphatic heterocycles. The summed E-state index contributed by atoms with van der Waals surface area (Å²) in [6.45, 7) is 0.746. The molecule has 2 heterocycles. The number of amides is 3. The normalized spacial score (nSPS) is 13.9. The third-order valence-electron chi connectivity index (χ3n) is 3.84. The molecule has 2 aromatic rings. The summed E-state index contributed by atoms with van der Waals surface area (Å²) in [6.07, 6.45) is 1.74. The minimum absolute atomic E-state index is 0.0586. The van der Waals surface area contributed by atoms with Crippen molar-refractivity contribution in [2.75, 3.05) is 16.8 Å². The van der Waals surface area contributed by atoms with Crippen LogP contribution in [-0.4, -0.2) is 29.3 Å². The highest BCUT2D eigenvalue weighted by Gasteiger charge is 2.21. The molecule has 1 fully saturated rings. The van der Waals surface area contributed by atoms with Crippen LogP contribution >= 0.6 is 11.3 Å². The van der Waals surface area contributed by atoms with E-state index in [0.29, 0.717) is 17.2 Å². The number of carbonyl (C=O) groups is 3. The first-order valence-electron chi connectivity index (χ1n) is 7.93. The molecule has 25 heavy (non-hydrogen) atoms. The molecule has 1 aromatic carbocycles. The minimum atomic E-state index is -0.459. The van der Waals surface area contributed by atoms with Gasteiger partial charge in [-0.2, -0.15) is 0 Å². The number of carbonyl (C=O) groups excluding carboxylic acids is 3. The van der Waals surface area contributed by atoms with Crippen LogP contribution in [0.2, 0.25) is 0 Å². The molecule has 0 spiro atoms. The third kappa shape index (κ3) is 4.42. The molecule has 0 bridgehead atoms. The number of rotatable bonds is 6. The fourth-order valence-corrected chi connectivity index (χ4v) is 3.41. The maximum absolute atomic E-state index is 12.1. The number of aromatic nitrogens is 1. The fourth-order valence-electron chi connectivity index (χ4n) is 2.69. The Bertz CT molecular complexity index is 800. The quantitative estimate of drug-likeness (QED) is 0.816. The van der Waals surface area contributed by atoms with Gasteiger partial charge in [0.05, 0.1) is 18.5 Å². The number of hydrogen-bond acceptors (Lipinski definition) is 5. The smallest absolute Gasteiger partial charge is 0.230 e. The molecular formula is C17H18N4O3S. The van der Waals surface area contributed by atoms with E-state index < -0.39 is 5.91 Å². The second-order valence-electron chi connectivity index (χ2n) is 5.83. The molecule has 8 heteroatoms. The Morgan fingerprint density at radius 1 is 1.24 bits per heavy atom. The summed E-state index contributed by atoms with van der Waals surface area (Å²) in [5.74, 6) is -0.509. The Kier molecular flexibility index (Phi) is 5.08. The van der Waals surface area contributed by atoms with Crippen molar-refractivity contribution in [1.29, 1.82) is 0 Å². The lowest BCUT2D eigenvalue weighted by atomic mass is 10.1. The summed E-state index contributed by atoms with van der Waals surface area (Å²) in [4.78, 5) is 40.6. The van der Waals surface area contributed by atoms with E-state index in [1.54, 1.807) is 10.3 Å². The van der Waals surface area contributed by atoms with Crippen molar-refractivity contribution in [2.24, 2.45) is 5.73 Å². The summed E-state index contributed by atoms with van der Waals surface area (Å²) in [6, 6.07) is 7.42. The van der Waals surface area contributed by atoms with Crippen LogP contribution < -0.4 is 16.0 Å². The summed E-state index contributed by atoms with van der Waals surface area (Å²) < 4.78 is 0. The summed E-state index contributed by atoms with van der Waals surface area (Å²) in [5, 5.41) is 4.85. The molecule has 0 unspecified atom stereocenters. The fraction of sp³-hybridized carbons (Fsp3) is 0.294. The SMILES string of the molecule is NC(=O)Cc1csc(NC(=O)Cc2ccc(N3CCCC3=O)cc2)n1.